The molecule has 0 aromatic heterocycles. The fourth-order valence-electron chi connectivity index (χ4n) is 3.81. The SMILES string of the molecule is Oc1c(CC2CO2)cccc1-c1cccc2c1Cc1ccccc1-2. The van der Waals surface area contributed by atoms with E-state index in [0.29, 0.717) is 5.75 Å². The van der Waals surface area contributed by atoms with Crippen molar-refractivity contribution in [3.05, 3.63) is 77.4 Å². The summed E-state index contributed by atoms with van der Waals surface area (Å²) in [6.07, 6.45) is 1.99. The van der Waals surface area contributed by atoms with Gasteiger partial charge in [0.05, 0.1) is 12.7 Å². The van der Waals surface area contributed by atoms with Gasteiger partial charge in [-0.3, -0.25) is 0 Å². The summed E-state index contributed by atoms with van der Waals surface area (Å²) in [7, 11) is 0. The largest absolute Gasteiger partial charge is 0.507 e. The van der Waals surface area contributed by atoms with E-state index in [-0.39, 0.29) is 6.10 Å². The summed E-state index contributed by atoms with van der Waals surface area (Å²) in [5.74, 6) is 0.400. The van der Waals surface area contributed by atoms with Crippen molar-refractivity contribution in [2.24, 2.45) is 0 Å². The molecule has 2 nitrogen and oxygen atoms in total. The van der Waals surface area contributed by atoms with Crippen molar-refractivity contribution in [1.82, 2.24) is 0 Å². The molecular weight excluding hydrogens is 296 g/mol. The molecule has 24 heavy (non-hydrogen) atoms. The predicted molar refractivity (Wildman–Crippen MR) is 95.2 cm³/mol. The molecule has 0 amide bonds. The Bertz CT molecular complexity index is 938. The van der Waals surface area contributed by atoms with Crippen molar-refractivity contribution in [3.8, 4) is 28.0 Å². The van der Waals surface area contributed by atoms with Crippen molar-refractivity contribution in [2.45, 2.75) is 18.9 Å². The van der Waals surface area contributed by atoms with E-state index in [1.54, 1.807) is 0 Å². The number of phenolic OH excluding ortho intramolecular Hbond substituents is 1. The summed E-state index contributed by atoms with van der Waals surface area (Å²) < 4.78 is 5.32. The number of para-hydroxylation sites is 1. The second kappa shape index (κ2) is 5.22. The van der Waals surface area contributed by atoms with Gasteiger partial charge in [-0.05, 0) is 39.8 Å². The minimum atomic E-state index is 0.275. The van der Waals surface area contributed by atoms with Crippen LogP contribution in [0.5, 0.6) is 5.75 Å². The first kappa shape index (κ1) is 13.8. The van der Waals surface area contributed by atoms with E-state index >= 15 is 0 Å². The van der Waals surface area contributed by atoms with Crippen molar-refractivity contribution >= 4 is 0 Å². The highest BCUT2D eigenvalue weighted by Gasteiger charge is 2.26. The lowest BCUT2D eigenvalue weighted by atomic mass is 9.93. The number of fused-ring (bicyclic) bond motifs is 3. The monoisotopic (exact) mass is 314 g/mol. The highest BCUT2D eigenvalue weighted by molar-refractivity contribution is 5.86. The quantitative estimate of drug-likeness (QED) is 0.562. The normalized spacial score (nSPS) is 17.4. The van der Waals surface area contributed by atoms with E-state index < -0.39 is 0 Å². The molecule has 3 aromatic carbocycles. The first-order chi connectivity index (χ1) is 11.8. The van der Waals surface area contributed by atoms with E-state index in [1.165, 1.54) is 22.3 Å². The van der Waals surface area contributed by atoms with E-state index in [1.807, 2.05) is 18.2 Å². The van der Waals surface area contributed by atoms with Gasteiger partial charge in [0.2, 0.25) is 0 Å². The maximum atomic E-state index is 10.8. The third-order valence-corrected chi connectivity index (χ3v) is 5.11. The zero-order valence-corrected chi connectivity index (χ0v) is 13.3. The number of ether oxygens (including phenoxy) is 1. The first-order valence-electron chi connectivity index (χ1n) is 8.44. The van der Waals surface area contributed by atoms with Crippen LogP contribution in [0.4, 0.5) is 0 Å². The van der Waals surface area contributed by atoms with Crippen LogP contribution in [-0.2, 0) is 17.6 Å². The molecule has 1 fully saturated rings. The van der Waals surface area contributed by atoms with Gasteiger partial charge in [-0.1, -0.05) is 60.7 Å². The van der Waals surface area contributed by atoms with Gasteiger partial charge in [-0.2, -0.15) is 0 Å². The number of hydrogen-bond donors (Lipinski definition) is 1. The van der Waals surface area contributed by atoms with E-state index in [2.05, 4.69) is 42.5 Å². The summed E-state index contributed by atoms with van der Waals surface area (Å²) in [4.78, 5) is 0. The molecular formula is C22H18O2. The van der Waals surface area contributed by atoms with Gasteiger partial charge in [-0.15, -0.1) is 0 Å². The molecule has 0 radical (unpaired) electrons. The zero-order valence-electron chi connectivity index (χ0n) is 13.3. The van der Waals surface area contributed by atoms with Crippen molar-refractivity contribution in [1.29, 1.82) is 0 Å². The number of epoxide rings is 1. The Kier molecular flexibility index (Phi) is 3.00. The van der Waals surface area contributed by atoms with E-state index in [0.717, 1.165) is 36.1 Å². The average Bonchev–Trinajstić information content (AvgIpc) is 3.34. The molecule has 1 heterocycles. The summed E-state index contributed by atoms with van der Waals surface area (Å²) in [6.45, 7) is 0.805. The number of benzene rings is 3. The first-order valence-corrected chi connectivity index (χ1v) is 8.44. The molecule has 0 saturated carbocycles. The number of phenols is 1. The standard InChI is InChI=1S/C22H18O2/c23-22-15(11-16-13-24-16)6-3-10-20(22)19-9-4-8-18-17-7-2-1-5-14(17)12-21(18)19/h1-10,16,23H,11-13H2. The van der Waals surface area contributed by atoms with Gasteiger partial charge >= 0.3 is 0 Å². The molecule has 3 aromatic rings. The third kappa shape index (κ3) is 2.15. The van der Waals surface area contributed by atoms with Crippen molar-refractivity contribution in [2.75, 3.05) is 6.61 Å². The van der Waals surface area contributed by atoms with E-state index in [9.17, 15) is 5.11 Å². The Balaban J connectivity index is 1.64. The van der Waals surface area contributed by atoms with Gasteiger partial charge in [-0.25, -0.2) is 0 Å². The van der Waals surface area contributed by atoms with Crippen LogP contribution in [-0.4, -0.2) is 17.8 Å². The number of hydrogen-bond acceptors (Lipinski definition) is 2. The van der Waals surface area contributed by atoms with E-state index in [4.69, 9.17) is 4.74 Å². The molecule has 1 aliphatic heterocycles. The maximum Gasteiger partial charge on any atom is 0.126 e. The van der Waals surface area contributed by atoms with Crippen LogP contribution in [0.2, 0.25) is 0 Å². The second-order valence-electron chi connectivity index (χ2n) is 6.64. The van der Waals surface area contributed by atoms with Gasteiger partial charge in [0, 0.05) is 12.0 Å². The number of rotatable bonds is 3. The Labute approximate surface area is 141 Å². The van der Waals surface area contributed by atoms with Gasteiger partial charge in [0.25, 0.3) is 0 Å². The Hall–Kier alpha value is -2.58. The molecule has 0 spiro atoms. The minimum Gasteiger partial charge on any atom is -0.507 e. The summed E-state index contributed by atoms with van der Waals surface area (Å²) in [6, 6.07) is 21.0. The Morgan fingerprint density at radius 3 is 2.33 bits per heavy atom. The molecule has 1 aliphatic carbocycles. The van der Waals surface area contributed by atoms with Crippen LogP contribution in [0, 0.1) is 0 Å². The van der Waals surface area contributed by atoms with Crippen LogP contribution >= 0.6 is 0 Å². The van der Waals surface area contributed by atoms with Crippen molar-refractivity contribution < 1.29 is 9.84 Å². The predicted octanol–water partition coefficient (Wildman–Crippen LogP) is 4.57. The molecule has 1 N–H and O–H groups in total. The highest BCUT2D eigenvalue weighted by atomic mass is 16.6. The maximum absolute atomic E-state index is 10.8. The van der Waals surface area contributed by atoms with Crippen LogP contribution in [0.15, 0.2) is 60.7 Å². The van der Waals surface area contributed by atoms with Crippen LogP contribution in [0.25, 0.3) is 22.3 Å². The molecule has 0 bridgehead atoms. The van der Waals surface area contributed by atoms with Crippen LogP contribution in [0.1, 0.15) is 16.7 Å². The summed E-state index contributed by atoms with van der Waals surface area (Å²) in [5.41, 5.74) is 8.33. The van der Waals surface area contributed by atoms with Gasteiger partial charge in [0.1, 0.15) is 5.75 Å². The molecule has 1 unspecified atom stereocenters. The lowest BCUT2D eigenvalue weighted by molar-refractivity contribution is 0.402. The zero-order chi connectivity index (χ0) is 16.1. The van der Waals surface area contributed by atoms with Crippen LogP contribution in [0.3, 0.4) is 0 Å². The minimum absolute atomic E-state index is 0.275. The smallest absolute Gasteiger partial charge is 0.126 e. The fourth-order valence-corrected chi connectivity index (χ4v) is 3.81. The molecule has 1 saturated heterocycles. The highest BCUT2D eigenvalue weighted by Crippen LogP contribution is 2.44. The van der Waals surface area contributed by atoms with Gasteiger partial charge in [0.15, 0.2) is 0 Å². The third-order valence-electron chi connectivity index (χ3n) is 5.11. The molecule has 5 rings (SSSR count). The van der Waals surface area contributed by atoms with Crippen LogP contribution < -0.4 is 0 Å². The second-order valence-corrected chi connectivity index (χ2v) is 6.64. The molecule has 118 valence electrons. The molecule has 2 heteroatoms. The number of aromatic hydroxyl groups is 1. The average molecular weight is 314 g/mol. The Morgan fingerprint density at radius 1 is 0.833 bits per heavy atom. The lowest BCUT2D eigenvalue weighted by Crippen LogP contribution is -1.96. The van der Waals surface area contributed by atoms with Gasteiger partial charge < -0.3 is 9.84 Å². The Morgan fingerprint density at radius 2 is 1.50 bits per heavy atom. The van der Waals surface area contributed by atoms with Crippen molar-refractivity contribution in [3.63, 3.8) is 0 Å². The molecule has 1 atom stereocenters. The summed E-state index contributed by atoms with van der Waals surface area (Å²) >= 11 is 0. The summed E-state index contributed by atoms with van der Waals surface area (Å²) in [5, 5.41) is 10.8. The fraction of sp³-hybridized carbons (Fsp3) is 0.182. The molecule has 2 aliphatic rings. The lowest BCUT2D eigenvalue weighted by Gasteiger charge is -2.13. The topological polar surface area (TPSA) is 32.8 Å².